The molecule has 19 heavy (non-hydrogen) atoms. The molecular weight excluding hydrogens is 246 g/mol. The predicted molar refractivity (Wildman–Crippen MR) is 70.5 cm³/mol. The number of carbonyl (C=O) groups is 2. The molecule has 0 saturated carbocycles. The van der Waals surface area contributed by atoms with Gasteiger partial charge >= 0.3 is 5.97 Å². The molecule has 1 amide bonds. The van der Waals surface area contributed by atoms with E-state index in [-0.39, 0.29) is 12.2 Å². The summed E-state index contributed by atoms with van der Waals surface area (Å²) in [5.74, 6) is -0.963. The van der Waals surface area contributed by atoms with Crippen molar-refractivity contribution in [3.05, 3.63) is 36.2 Å². The Morgan fingerprint density at radius 1 is 1.32 bits per heavy atom. The van der Waals surface area contributed by atoms with Crippen LogP contribution in [0.3, 0.4) is 0 Å². The number of hydrogen-bond donors (Lipinski definition) is 2. The zero-order chi connectivity index (χ0) is 13.8. The number of nitrogens with zero attached hydrogens (tertiary/aromatic N) is 1. The van der Waals surface area contributed by atoms with Crippen molar-refractivity contribution in [1.82, 2.24) is 10.3 Å². The standard InChI is InChI=1S/C13H13N3O3/c1-19-11(17)7-16-13(18)12-9-3-2-4-10(14)8(9)5-6-15-12/h2-6H,7,14H2,1H3,(H,16,18). The first-order valence-corrected chi connectivity index (χ1v) is 5.61. The molecule has 0 aliphatic heterocycles. The summed E-state index contributed by atoms with van der Waals surface area (Å²) in [6.07, 6.45) is 1.51. The van der Waals surface area contributed by atoms with E-state index >= 15 is 0 Å². The zero-order valence-electron chi connectivity index (χ0n) is 10.3. The van der Waals surface area contributed by atoms with E-state index in [4.69, 9.17) is 5.73 Å². The summed E-state index contributed by atoms with van der Waals surface area (Å²) in [4.78, 5) is 27.0. The van der Waals surface area contributed by atoms with Crippen LogP contribution in [-0.2, 0) is 9.53 Å². The second-order valence-corrected chi connectivity index (χ2v) is 3.86. The van der Waals surface area contributed by atoms with E-state index < -0.39 is 11.9 Å². The Kier molecular flexibility index (Phi) is 3.61. The molecule has 0 saturated heterocycles. The van der Waals surface area contributed by atoms with Gasteiger partial charge in [-0.2, -0.15) is 0 Å². The second-order valence-electron chi connectivity index (χ2n) is 3.86. The summed E-state index contributed by atoms with van der Waals surface area (Å²) in [7, 11) is 1.26. The molecule has 0 fully saturated rings. The summed E-state index contributed by atoms with van der Waals surface area (Å²) < 4.78 is 4.45. The van der Waals surface area contributed by atoms with Crippen molar-refractivity contribution in [2.24, 2.45) is 0 Å². The number of hydrogen-bond acceptors (Lipinski definition) is 5. The first-order valence-electron chi connectivity index (χ1n) is 5.61. The Labute approximate surface area is 109 Å². The third-order valence-corrected chi connectivity index (χ3v) is 2.68. The lowest BCUT2D eigenvalue weighted by atomic mass is 10.1. The van der Waals surface area contributed by atoms with Crippen molar-refractivity contribution in [2.75, 3.05) is 19.4 Å². The highest BCUT2D eigenvalue weighted by Crippen LogP contribution is 2.22. The Morgan fingerprint density at radius 3 is 2.84 bits per heavy atom. The number of aromatic nitrogens is 1. The maximum atomic E-state index is 12.0. The molecule has 6 nitrogen and oxygen atoms in total. The van der Waals surface area contributed by atoms with Crippen LogP contribution >= 0.6 is 0 Å². The van der Waals surface area contributed by atoms with Crippen LogP contribution in [0.4, 0.5) is 5.69 Å². The Morgan fingerprint density at radius 2 is 2.11 bits per heavy atom. The molecule has 1 aromatic heterocycles. The number of esters is 1. The van der Waals surface area contributed by atoms with Crippen LogP contribution in [0.25, 0.3) is 10.8 Å². The molecule has 0 radical (unpaired) electrons. The summed E-state index contributed by atoms with van der Waals surface area (Å²) >= 11 is 0. The number of carbonyl (C=O) groups excluding carboxylic acids is 2. The van der Waals surface area contributed by atoms with Gasteiger partial charge in [0.2, 0.25) is 0 Å². The molecule has 0 atom stereocenters. The quantitative estimate of drug-likeness (QED) is 0.625. The predicted octanol–water partition coefficient (Wildman–Crippen LogP) is 0.720. The third-order valence-electron chi connectivity index (χ3n) is 2.68. The van der Waals surface area contributed by atoms with Gasteiger partial charge < -0.3 is 15.8 Å². The SMILES string of the molecule is COC(=O)CNC(=O)c1nccc2c(N)cccc12. The van der Waals surface area contributed by atoms with Gasteiger partial charge in [0, 0.05) is 22.7 Å². The number of ether oxygens (including phenoxy) is 1. The Balaban J connectivity index is 2.32. The van der Waals surface area contributed by atoms with Crippen molar-refractivity contribution in [2.45, 2.75) is 0 Å². The van der Waals surface area contributed by atoms with Crippen LogP contribution in [0.5, 0.6) is 0 Å². The first kappa shape index (κ1) is 12.8. The number of fused-ring (bicyclic) bond motifs is 1. The van der Waals surface area contributed by atoms with Crippen LogP contribution in [-0.4, -0.2) is 30.5 Å². The normalized spacial score (nSPS) is 10.2. The highest BCUT2D eigenvalue weighted by molar-refractivity contribution is 6.08. The number of nitrogen functional groups attached to an aromatic ring is 1. The van der Waals surface area contributed by atoms with Crippen LogP contribution in [0.1, 0.15) is 10.5 Å². The van der Waals surface area contributed by atoms with Gasteiger partial charge in [0.15, 0.2) is 0 Å². The molecule has 1 heterocycles. The number of nitrogens with one attached hydrogen (secondary N) is 1. The largest absolute Gasteiger partial charge is 0.468 e. The molecule has 98 valence electrons. The molecular formula is C13H13N3O3. The van der Waals surface area contributed by atoms with Gasteiger partial charge in [-0.1, -0.05) is 12.1 Å². The smallest absolute Gasteiger partial charge is 0.325 e. The maximum absolute atomic E-state index is 12.0. The lowest BCUT2D eigenvalue weighted by molar-refractivity contribution is -0.139. The van der Waals surface area contributed by atoms with Crippen LogP contribution < -0.4 is 11.1 Å². The highest BCUT2D eigenvalue weighted by atomic mass is 16.5. The number of rotatable bonds is 3. The lowest BCUT2D eigenvalue weighted by Gasteiger charge is -2.07. The van der Waals surface area contributed by atoms with Gasteiger partial charge in [-0.05, 0) is 12.1 Å². The first-order chi connectivity index (χ1) is 9.13. The van der Waals surface area contributed by atoms with Crippen molar-refractivity contribution in [3.63, 3.8) is 0 Å². The molecule has 0 spiro atoms. The van der Waals surface area contributed by atoms with Crippen molar-refractivity contribution in [1.29, 1.82) is 0 Å². The maximum Gasteiger partial charge on any atom is 0.325 e. The molecule has 0 bridgehead atoms. The monoisotopic (exact) mass is 259 g/mol. The fraction of sp³-hybridized carbons (Fsp3) is 0.154. The highest BCUT2D eigenvalue weighted by Gasteiger charge is 2.13. The summed E-state index contributed by atoms with van der Waals surface area (Å²) in [6, 6.07) is 6.99. The minimum absolute atomic E-state index is 0.199. The summed E-state index contributed by atoms with van der Waals surface area (Å²) in [5, 5.41) is 3.84. The van der Waals surface area contributed by atoms with E-state index in [9.17, 15) is 9.59 Å². The average molecular weight is 259 g/mol. The fourth-order valence-corrected chi connectivity index (χ4v) is 1.72. The topological polar surface area (TPSA) is 94.3 Å². The van der Waals surface area contributed by atoms with Gasteiger partial charge in [-0.3, -0.25) is 14.6 Å². The molecule has 0 unspecified atom stereocenters. The number of pyridine rings is 1. The van der Waals surface area contributed by atoms with Crippen LogP contribution in [0.2, 0.25) is 0 Å². The van der Waals surface area contributed by atoms with Gasteiger partial charge in [-0.25, -0.2) is 0 Å². The molecule has 0 aliphatic rings. The van der Waals surface area contributed by atoms with E-state index in [2.05, 4.69) is 15.0 Å². The number of amides is 1. The Bertz CT molecular complexity index is 640. The average Bonchev–Trinajstić information content (AvgIpc) is 2.44. The van der Waals surface area contributed by atoms with E-state index in [0.29, 0.717) is 11.1 Å². The molecule has 6 heteroatoms. The van der Waals surface area contributed by atoms with Crippen LogP contribution in [0.15, 0.2) is 30.5 Å². The molecule has 2 aromatic rings. The second kappa shape index (κ2) is 5.34. The van der Waals surface area contributed by atoms with E-state index in [1.807, 2.05) is 0 Å². The number of benzene rings is 1. The van der Waals surface area contributed by atoms with Crippen LogP contribution in [0, 0.1) is 0 Å². The van der Waals surface area contributed by atoms with Crippen molar-refractivity contribution in [3.8, 4) is 0 Å². The minimum Gasteiger partial charge on any atom is -0.468 e. The minimum atomic E-state index is -0.520. The molecule has 2 rings (SSSR count). The van der Waals surface area contributed by atoms with Gasteiger partial charge in [0.25, 0.3) is 5.91 Å². The van der Waals surface area contributed by atoms with Crippen molar-refractivity contribution < 1.29 is 14.3 Å². The lowest BCUT2D eigenvalue weighted by Crippen LogP contribution is -2.30. The molecule has 3 N–H and O–H groups in total. The van der Waals surface area contributed by atoms with Gasteiger partial charge in [0.05, 0.1) is 7.11 Å². The van der Waals surface area contributed by atoms with E-state index in [1.165, 1.54) is 13.3 Å². The number of methoxy groups -OCH3 is 1. The zero-order valence-corrected chi connectivity index (χ0v) is 10.3. The number of nitrogens with two attached hydrogens (primary N) is 1. The van der Waals surface area contributed by atoms with Gasteiger partial charge in [0.1, 0.15) is 12.2 Å². The summed E-state index contributed by atoms with van der Waals surface area (Å²) in [6.45, 7) is -0.199. The van der Waals surface area contributed by atoms with Gasteiger partial charge in [-0.15, -0.1) is 0 Å². The third kappa shape index (κ3) is 2.62. The molecule has 0 aliphatic carbocycles. The molecule has 1 aromatic carbocycles. The summed E-state index contributed by atoms with van der Waals surface area (Å²) in [5.41, 5.74) is 6.64. The van der Waals surface area contributed by atoms with Crippen molar-refractivity contribution >= 4 is 28.3 Å². The van der Waals surface area contributed by atoms with E-state index in [1.54, 1.807) is 24.3 Å². The number of anilines is 1. The fourth-order valence-electron chi connectivity index (χ4n) is 1.72. The Hall–Kier alpha value is -2.63. The van der Waals surface area contributed by atoms with E-state index in [0.717, 1.165) is 5.39 Å².